The molecule has 0 atom stereocenters. The minimum absolute atomic E-state index is 0.716. The van der Waals surface area contributed by atoms with E-state index in [0.717, 1.165) is 28.8 Å². The van der Waals surface area contributed by atoms with E-state index in [1.54, 1.807) is 11.3 Å². The van der Waals surface area contributed by atoms with E-state index < -0.39 is 0 Å². The summed E-state index contributed by atoms with van der Waals surface area (Å²) >= 11 is 1.71. The normalized spacial score (nSPS) is 10.7. The van der Waals surface area contributed by atoms with E-state index in [9.17, 15) is 4.79 Å². The van der Waals surface area contributed by atoms with E-state index >= 15 is 0 Å². The fraction of sp³-hybridized carbons (Fsp3) is 0.0667. The number of carbonyl (C=O) groups excluding carboxylic acids is 1. The summed E-state index contributed by atoms with van der Waals surface area (Å²) in [6.45, 7) is 0. The highest BCUT2D eigenvalue weighted by molar-refractivity contribution is 7.18. The fourth-order valence-electron chi connectivity index (χ4n) is 1.95. The molecule has 0 fully saturated rings. The summed E-state index contributed by atoms with van der Waals surface area (Å²) in [6.07, 6.45) is 1.66. The number of carbonyl (C=O) groups is 1. The Bertz CT molecular complexity index is 669. The highest BCUT2D eigenvalue weighted by Crippen LogP contribution is 2.23. The Morgan fingerprint density at radius 3 is 2.83 bits per heavy atom. The van der Waals surface area contributed by atoms with Crippen LogP contribution in [0, 0.1) is 0 Å². The molecule has 3 aromatic rings. The van der Waals surface area contributed by atoms with Gasteiger partial charge in [0, 0.05) is 12.0 Å². The van der Waals surface area contributed by atoms with Crippen LogP contribution in [0.25, 0.3) is 10.2 Å². The van der Waals surface area contributed by atoms with E-state index in [-0.39, 0.29) is 0 Å². The van der Waals surface area contributed by atoms with Gasteiger partial charge in [-0.1, -0.05) is 30.3 Å². The van der Waals surface area contributed by atoms with E-state index in [2.05, 4.69) is 11.1 Å². The molecule has 0 amide bonds. The summed E-state index contributed by atoms with van der Waals surface area (Å²) in [5, 5.41) is 1.08. The van der Waals surface area contributed by atoms with Gasteiger partial charge in [0.25, 0.3) is 0 Å². The fourth-order valence-corrected chi connectivity index (χ4v) is 2.95. The maximum atomic E-state index is 10.7. The Balaban J connectivity index is 1.93. The van der Waals surface area contributed by atoms with Crippen molar-refractivity contribution in [2.24, 2.45) is 0 Å². The molecule has 3 heteroatoms. The zero-order valence-electron chi connectivity index (χ0n) is 9.67. The molecule has 0 aliphatic rings. The summed E-state index contributed by atoms with van der Waals surface area (Å²) < 4.78 is 1.21. The first kappa shape index (κ1) is 11.1. The lowest BCUT2D eigenvalue weighted by atomic mass is 10.1. The van der Waals surface area contributed by atoms with Gasteiger partial charge in [-0.05, 0) is 23.8 Å². The van der Waals surface area contributed by atoms with Gasteiger partial charge in [-0.3, -0.25) is 4.79 Å². The zero-order chi connectivity index (χ0) is 12.4. The van der Waals surface area contributed by atoms with E-state index in [0.29, 0.717) is 5.56 Å². The SMILES string of the molecule is O=Cc1cccc(Cc2nc3ccccc3s2)c1. The van der Waals surface area contributed by atoms with Gasteiger partial charge in [0.2, 0.25) is 0 Å². The third kappa shape index (κ3) is 2.17. The van der Waals surface area contributed by atoms with E-state index in [1.165, 1.54) is 4.70 Å². The first-order valence-electron chi connectivity index (χ1n) is 5.74. The highest BCUT2D eigenvalue weighted by atomic mass is 32.1. The van der Waals surface area contributed by atoms with Crippen molar-refractivity contribution in [2.45, 2.75) is 6.42 Å². The second kappa shape index (κ2) is 4.70. The number of benzene rings is 2. The van der Waals surface area contributed by atoms with Crippen molar-refractivity contribution >= 4 is 27.8 Å². The Morgan fingerprint density at radius 1 is 1.11 bits per heavy atom. The molecule has 0 radical (unpaired) electrons. The lowest BCUT2D eigenvalue weighted by Gasteiger charge is -1.98. The quantitative estimate of drug-likeness (QED) is 0.666. The summed E-state index contributed by atoms with van der Waals surface area (Å²) in [4.78, 5) is 15.3. The van der Waals surface area contributed by atoms with Crippen LogP contribution in [0.2, 0.25) is 0 Å². The number of aldehydes is 1. The molecule has 0 saturated heterocycles. The van der Waals surface area contributed by atoms with Crippen LogP contribution >= 0.6 is 11.3 Å². The lowest BCUT2D eigenvalue weighted by molar-refractivity contribution is 0.112. The highest BCUT2D eigenvalue weighted by Gasteiger charge is 2.04. The van der Waals surface area contributed by atoms with Crippen molar-refractivity contribution < 1.29 is 4.79 Å². The molecule has 3 rings (SSSR count). The summed E-state index contributed by atoms with van der Waals surface area (Å²) in [6, 6.07) is 15.8. The second-order valence-electron chi connectivity index (χ2n) is 4.11. The van der Waals surface area contributed by atoms with Crippen molar-refractivity contribution in [3.63, 3.8) is 0 Å². The molecular formula is C15H11NOS. The predicted molar refractivity (Wildman–Crippen MR) is 74.3 cm³/mol. The molecule has 1 aromatic heterocycles. The van der Waals surface area contributed by atoms with Crippen LogP contribution < -0.4 is 0 Å². The van der Waals surface area contributed by atoms with Crippen LogP contribution in [0.15, 0.2) is 48.5 Å². The molecule has 1 heterocycles. The van der Waals surface area contributed by atoms with E-state index in [4.69, 9.17) is 0 Å². The second-order valence-corrected chi connectivity index (χ2v) is 5.23. The maximum absolute atomic E-state index is 10.7. The van der Waals surface area contributed by atoms with Gasteiger partial charge < -0.3 is 0 Å². The molecule has 0 unspecified atom stereocenters. The molecule has 0 bridgehead atoms. The van der Waals surface area contributed by atoms with Crippen molar-refractivity contribution in [1.82, 2.24) is 4.98 Å². The lowest BCUT2D eigenvalue weighted by Crippen LogP contribution is -1.88. The van der Waals surface area contributed by atoms with Gasteiger partial charge >= 0.3 is 0 Å². The number of rotatable bonds is 3. The molecule has 2 aromatic carbocycles. The Kier molecular flexibility index (Phi) is 2.90. The van der Waals surface area contributed by atoms with Crippen LogP contribution in [-0.4, -0.2) is 11.3 Å². The summed E-state index contributed by atoms with van der Waals surface area (Å²) in [5.41, 5.74) is 2.89. The number of aromatic nitrogens is 1. The van der Waals surface area contributed by atoms with Crippen molar-refractivity contribution in [2.75, 3.05) is 0 Å². The van der Waals surface area contributed by atoms with Crippen LogP contribution in [0.4, 0.5) is 0 Å². The molecule has 18 heavy (non-hydrogen) atoms. The smallest absolute Gasteiger partial charge is 0.150 e. The van der Waals surface area contributed by atoms with Crippen LogP contribution in [0.3, 0.4) is 0 Å². The molecule has 0 aliphatic heterocycles. The first-order chi connectivity index (χ1) is 8.85. The van der Waals surface area contributed by atoms with Gasteiger partial charge in [-0.25, -0.2) is 4.98 Å². The number of fused-ring (bicyclic) bond motifs is 1. The number of nitrogens with zero attached hydrogens (tertiary/aromatic N) is 1. The number of hydrogen-bond donors (Lipinski definition) is 0. The van der Waals surface area contributed by atoms with Gasteiger partial charge in [0.15, 0.2) is 0 Å². The standard InChI is InChI=1S/C15H11NOS/c17-10-12-5-3-4-11(8-12)9-15-16-13-6-1-2-7-14(13)18-15/h1-8,10H,9H2. The Hall–Kier alpha value is -2.00. The molecule has 0 saturated carbocycles. The van der Waals surface area contributed by atoms with Gasteiger partial charge in [-0.15, -0.1) is 11.3 Å². The third-order valence-electron chi connectivity index (χ3n) is 2.78. The van der Waals surface area contributed by atoms with Gasteiger partial charge in [-0.2, -0.15) is 0 Å². The Morgan fingerprint density at radius 2 is 2.00 bits per heavy atom. The van der Waals surface area contributed by atoms with Crippen molar-refractivity contribution in [1.29, 1.82) is 0 Å². The minimum Gasteiger partial charge on any atom is -0.298 e. The molecule has 0 N–H and O–H groups in total. The zero-order valence-corrected chi connectivity index (χ0v) is 10.5. The summed E-state index contributed by atoms with van der Waals surface area (Å²) in [7, 11) is 0. The number of hydrogen-bond acceptors (Lipinski definition) is 3. The molecule has 88 valence electrons. The largest absolute Gasteiger partial charge is 0.298 e. The number of para-hydroxylation sites is 1. The molecule has 0 aliphatic carbocycles. The molecule has 2 nitrogen and oxygen atoms in total. The van der Waals surface area contributed by atoms with Crippen LogP contribution in [0.5, 0.6) is 0 Å². The maximum Gasteiger partial charge on any atom is 0.150 e. The average molecular weight is 253 g/mol. The monoisotopic (exact) mass is 253 g/mol. The third-order valence-corrected chi connectivity index (χ3v) is 3.82. The summed E-state index contributed by atoms with van der Waals surface area (Å²) in [5.74, 6) is 0. The van der Waals surface area contributed by atoms with Crippen LogP contribution in [0.1, 0.15) is 20.9 Å². The van der Waals surface area contributed by atoms with Crippen molar-refractivity contribution in [3.8, 4) is 0 Å². The van der Waals surface area contributed by atoms with Crippen LogP contribution in [-0.2, 0) is 6.42 Å². The average Bonchev–Trinajstić information content (AvgIpc) is 2.81. The van der Waals surface area contributed by atoms with Crippen molar-refractivity contribution in [3.05, 3.63) is 64.7 Å². The first-order valence-corrected chi connectivity index (χ1v) is 6.55. The van der Waals surface area contributed by atoms with E-state index in [1.807, 2.05) is 42.5 Å². The topological polar surface area (TPSA) is 30.0 Å². The minimum atomic E-state index is 0.716. The Labute approximate surface area is 109 Å². The molecule has 0 spiro atoms. The predicted octanol–water partition coefficient (Wildman–Crippen LogP) is 3.70. The van der Waals surface area contributed by atoms with Gasteiger partial charge in [0.1, 0.15) is 6.29 Å². The number of thiazole rings is 1. The van der Waals surface area contributed by atoms with Gasteiger partial charge in [0.05, 0.1) is 15.2 Å². The molecular weight excluding hydrogens is 242 g/mol.